The second-order valence-corrected chi connectivity index (χ2v) is 6.19. The number of anilines is 2. The third-order valence-corrected chi connectivity index (χ3v) is 4.58. The minimum Gasteiger partial charge on any atom is -0.362 e. The fourth-order valence-corrected chi connectivity index (χ4v) is 3.18. The van der Waals surface area contributed by atoms with Gasteiger partial charge in [-0.25, -0.2) is 4.98 Å². The Morgan fingerprint density at radius 1 is 1.43 bits per heavy atom. The Labute approximate surface area is 128 Å². The zero-order valence-electron chi connectivity index (χ0n) is 12.3. The molecule has 1 aromatic carbocycles. The predicted octanol–water partition coefficient (Wildman–Crippen LogP) is 4.08. The summed E-state index contributed by atoms with van der Waals surface area (Å²) in [5.41, 5.74) is 4.02. The number of hydrogen-bond donors (Lipinski definition) is 2. The van der Waals surface area contributed by atoms with Gasteiger partial charge in [-0.3, -0.25) is 4.79 Å². The summed E-state index contributed by atoms with van der Waals surface area (Å²) in [4.78, 5) is 16.3. The van der Waals surface area contributed by atoms with Crippen molar-refractivity contribution in [2.24, 2.45) is 0 Å². The molecular formula is C16H19N3OS. The Kier molecular flexibility index (Phi) is 3.92. The number of carbonyl (C=O) groups is 1. The highest BCUT2D eigenvalue weighted by atomic mass is 32.1. The lowest BCUT2D eigenvalue weighted by atomic mass is 10.00. The first-order valence-electron chi connectivity index (χ1n) is 7.33. The number of carbonyl (C=O) groups excluding carboxylic acids is 1. The Morgan fingerprint density at radius 3 is 3.10 bits per heavy atom. The fourth-order valence-electron chi connectivity index (χ4n) is 2.44. The van der Waals surface area contributed by atoms with Crippen LogP contribution in [0.2, 0.25) is 0 Å². The summed E-state index contributed by atoms with van der Waals surface area (Å²) in [6.45, 7) is 5.07. The van der Waals surface area contributed by atoms with Crippen LogP contribution in [0.1, 0.15) is 38.2 Å². The Morgan fingerprint density at radius 2 is 2.29 bits per heavy atom. The van der Waals surface area contributed by atoms with Gasteiger partial charge in [0.15, 0.2) is 5.13 Å². The average Bonchev–Trinajstić information content (AvgIpc) is 3.05. The molecule has 0 saturated heterocycles. The first kappa shape index (κ1) is 14.1. The molecule has 110 valence electrons. The van der Waals surface area contributed by atoms with E-state index in [4.69, 9.17) is 0 Å². The molecule has 1 aliphatic heterocycles. The molecule has 0 aliphatic carbocycles. The van der Waals surface area contributed by atoms with Crippen molar-refractivity contribution < 1.29 is 4.79 Å². The molecule has 1 amide bonds. The van der Waals surface area contributed by atoms with E-state index in [0.29, 0.717) is 0 Å². The average molecular weight is 301 g/mol. The van der Waals surface area contributed by atoms with Crippen molar-refractivity contribution in [1.29, 1.82) is 0 Å². The first-order valence-corrected chi connectivity index (χ1v) is 8.21. The van der Waals surface area contributed by atoms with E-state index in [1.807, 2.05) is 19.1 Å². The SMILES string of the molecule is CCCCNc1nc(-c2ccc3c(c2)[C@@H](C)C(=O)N3)cs1. The van der Waals surface area contributed by atoms with Crippen LogP contribution in [0.3, 0.4) is 0 Å². The van der Waals surface area contributed by atoms with Gasteiger partial charge in [-0.15, -0.1) is 11.3 Å². The zero-order chi connectivity index (χ0) is 14.8. The highest BCUT2D eigenvalue weighted by Crippen LogP contribution is 2.36. The van der Waals surface area contributed by atoms with Gasteiger partial charge in [0.1, 0.15) is 0 Å². The van der Waals surface area contributed by atoms with Crippen molar-refractivity contribution in [2.75, 3.05) is 17.2 Å². The molecule has 0 saturated carbocycles. The number of unbranched alkanes of at least 4 members (excludes halogenated alkanes) is 1. The second kappa shape index (κ2) is 5.85. The van der Waals surface area contributed by atoms with E-state index in [9.17, 15) is 4.79 Å². The van der Waals surface area contributed by atoms with Crippen molar-refractivity contribution in [3.05, 3.63) is 29.1 Å². The number of nitrogens with zero attached hydrogens (tertiary/aromatic N) is 1. The zero-order valence-corrected chi connectivity index (χ0v) is 13.1. The van der Waals surface area contributed by atoms with Gasteiger partial charge >= 0.3 is 0 Å². The van der Waals surface area contributed by atoms with Crippen molar-refractivity contribution in [1.82, 2.24) is 4.98 Å². The minimum atomic E-state index is -0.0827. The van der Waals surface area contributed by atoms with E-state index in [1.165, 1.54) is 6.42 Å². The third-order valence-electron chi connectivity index (χ3n) is 3.78. The molecule has 1 aromatic heterocycles. The molecule has 2 heterocycles. The quantitative estimate of drug-likeness (QED) is 0.818. The standard InChI is InChI=1S/C16H19N3OS/c1-3-4-7-17-16-19-14(9-21-16)11-5-6-13-12(8-11)10(2)15(20)18-13/h5-6,8-10H,3-4,7H2,1-2H3,(H,17,19)(H,18,20)/t10-/m1/s1. The minimum absolute atomic E-state index is 0.0716. The van der Waals surface area contributed by atoms with Gasteiger partial charge in [-0.05, 0) is 31.0 Å². The predicted molar refractivity (Wildman–Crippen MR) is 88.0 cm³/mol. The lowest BCUT2D eigenvalue weighted by Gasteiger charge is -2.04. The molecule has 0 radical (unpaired) electrons. The van der Waals surface area contributed by atoms with Crippen LogP contribution >= 0.6 is 11.3 Å². The summed E-state index contributed by atoms with van der Waals surface area (Å²) in [5, 5.41) is 9.26. The van der Waals surface area contributed by atoms with E-state index in [1.54, 1.807) is 11.3 Å². The normalized spacial score (nSPS) is 16.7. The van der Waals surface area contributed by atoms with Gasteiger partial charge in [-0.2, -0.15) is 0 Å². The van der Waals surface area contributed by atoms with Crippen LogP contribution in [0, 0.1) is 0 Å². The molecule has 4 nitrogen and oxygen atoms in total. The Hall–Kier alpha value is -1.88. The van der Waals surface area contributed by atoms with Crippen LogP contribution in [0.15, 0.2) is 23.6 Å². The van der Waals surface area contributed by atoms with Crippen molar-refractivity contribution >= 4 is 28.1 Å². The number of amides is 1. The molecule has 0 unspecified atom stereocenters. The largest absolute Gasteiger partial charge is 0.362 e. The van der Waals surface area contributed by atoms with Crippen LogP contribution in [-0.2, 0) is 4.79 Å². The number of thiazole rings is 1. The number of fused-ring (bicyclic) bond motifs is 1. The van der Waals surface area contributed by atoms with Crippen LogP contribution < -0.4 is 10.6 Å². The van der Waals surface area contributed by atoms with Crippen molar-refractivity contribution in [3.63, 3.8) is 0 Å². The van der Waals surface area contributed by atoms with E-state index in [2.05, 4.69) is 34.0 Å². The van der Waals surface area contributed by atoms with Crippen LogP contribution in [0.4, 0.5) is 10.8 Å². The van der Waals surface area contributed by atoms with E-state index < -0.39 is 0 Å². The highest BCUT2D eigenvalue weighted by molar-refractivity contribution is 7.14. The second-order valence-electron chi connectivity index (χ2n) is 5.33. The number of nitrogens with one attached hydrogen (secondary N) is 2. The topological polar surface area (TPSA) is 54.0 Å². The summed E-state index contributed by atoms with van der Waals surface area (Å²) in [6, 6.07) is 6.06. The van der Waals surface area contributed by atoms with Gasteiger partial charge < -0.3 is 10.6 Å². The number of hydrogen-bond acceptors (Lipinski definition) is 4. The summed E-state index contributed by atoms with van der Waals surface area (Å²) in [7, 11) is 0. The summed E-state index contributed by atoms with van der Waals surface area (Å²) < 4.78 is 0. The smallest absolute Gasteiger partial charge is 0.231 e. The molecule has 0 bridgehead atoms. The van der Waals surface area contributed by atoms with Gasteiger partial charge in [0, 0.05) is 23.2 Å². The van der Waals surface area contributed by atoms with Crippen LogP contribution in [0.5, 0.6) is 0 Å². The lowest BCUT2D eigenvalue weighted by molar-refractivity contribution is -0.116. The Balaban J connectivity index is 1.80. The molecule has 5 heteroatoms. The van der Waals surface area contributed by atoms with Gasteiger partial charge in [0.25, 0.3) is 0 Å². The molecule has 0 fully saturated rings. The molecule has 1 aliphatic rings. The first-order chi connectivity index (χ1) is 10.2. The maximum Gasteiger partial charge on any atom is 0.231 e. The molecule has 2 N–H and O–H groups in total. The third kappa shape index (κ3) is 2.78. The van der Waals surface area contributed by atoms with Crippen molar-refractivity contribution in [3.8, 4) is 11.3 Å². The summed E-state index contributed by atoms with van der Waals surface area (Å²) in [5.74, 6) is -0.0110. The Bertz CT molecular complexity index is 665. The van der Waals surface area contributed by atoms with Crippen LogP contribution in [0.25, 0.3) is 11.3 Å². The summed E-state index contributed by atoms with van der Waals surface area (Å²) in [6.07, 6.45) is 2.33. The molecule has 1 atom stereocenters. The fraction of sp³-hybridized carbons (Fsp3) is 0.375. The molecule has 21 heavy (non-hydrogen) atoms. The number of rotatable bonds is 5. The summed E-state index contributed by atoms with van der Waals surface area (Å²) >= 11 is 1.62. The number of benzene rings is 1. The van der Waals surface area contributed by atoms with Crippen LogP contribution in [-0.4, -0.2) is 17.4 Å². The van der Waals surface area contributed by atoms with Crippen molar-refractivity contribution in [2.45, 2.75) is 32.6 Å². The highest BCUT2D eigenvalue weighted by Gasteiger charge is 2.26. The maximum absolute atomic E-state index is 11.7. The van der Waals surface area contributed by atoms with Gasteiger partial charge in [0.05, 0.1) is 11.6 Å². The lowest BCUT2D eigenvalue weighted by Crippen LogP contribution is -2.08. The number of aromatic nitrogens is 1. The molecule has 0 spiro atoms. The van der Waals surface area contributed by atoms with E-state index >= 15 is 0 Å². The van der Waals surface area contributed by atoms with Gasteiger partial charge in [-0.1, -0.05) is 19.4 Å². The van der Waals surface area contributed by atoms with E-state index in [0.717, 1.165) is 40.6 Å². The monoisotopic (exact) mass is 301 g/mol. The van der Waals surface area contributed by atoms with Gasteiger partial charge in [0.2, 0.25) is 5.91 Å². The maximum atomic E-state index is 11.7. The molecule has 2 aromatic rings. The molecule has 3 rings (SSSR count). The molecular weight excluding hydrogens is 282 g/mol. The van der Waals surface area contributed by atoms with E-state index in [-0.39, 0.29) is 11.8 Å².